The number of aromatic nitrogens is 5. The molecule has 3 aromatic heterocycles. The van der Waals surface area contributed by atoms with Crippen LogP contribution in [0.3, 0.4) is 0 Å². The van der Waals surface area contributed by atoms with Crippen molar-refractivity contribution in [2.75, 3.05) is 0 Å². The number of nitriles is 1. The molecule has 0 spiro atoms. The molecule has 3 rings (SSSR count). The second-order valence-electron chi connectivity index (χ2n) is 6.05. The molecule has 0 aliphatic rings. The van der Waals surface area contributed by atoms with Crippen LogP contribution in [0.2, 0.25) is 0 Å². The zero-order valence-corrected chi connectivity index (χ0v) is 13.5. The molecule has 7 heteroatoms. The van der Waals surface area contributed by atoms with Crippen molar-refractivity contribution < 1.29 is 0 Å². The number of rotatable bonds is 3. The van der Waals surface area contributed by atoms with Crippen LogP contribution < -0.4 is 5.56 Å². The van der Waals surface area contributed by atoms with Crippen LogP contribution in [0.5, 0.6) is 0 Å². The zero-order valence-electron chi connectivity index (χ0n) is 13.5. The van der Waals surface area contributed by atoms with Crippen LogP contribution in [-0.4, -0.2) is 24.4 Å². The van der Waals surface area contributed by atoms with E-state index >= 15 is 0 Å². The van der Waals surface area contributed by atoms with E-state index in [-0.39, 0.29) is 17.5 Å². The predicted molar refractivity (Wildman–Crippen MR) is 86.2 cm³/mol. The molecule has 0 saturated heterocycles. The first-order valence-electron chi connectivity index (χ1n) is 7.53. The van der Waals surface area contributed by atoms with Crippen LogP contribution >= 0.6 is 0 Å². The van der Waals surface area contributed by atoms with Crippen LogP contribution in [0.1, 0.15) is 50.8 Å². The fourth-order valence-electron chi connectivity index (χ4n) is 2.74. The van der Waals surface area contributed by atoms with Gasteiger partial charge in [-0.3, -0.25) is 14.6 Å². The lowest BCUT2D eigenvalue weighted by atomic mass is 10.0. The Hall–Kier alpha value is -2.88. The molecule has 3 heterocycles. The van der Waals surface area contributed by atoms with Crippen LogP contribution in [0, 0.1) is 11.3 Å². The van der Waals surface area contributed by atoms with E-state index in [4.69, 9.17) is 0 Å². The topological polar surface area (TPSA) is 91.8 Å². The summed E-state index contributed by atoms with van der Waals surface area (Å²) < 4.78 is 3.16. The molecule has 3 aromatic rings. The summed E-state index contributed by atoms with van der Waals surface area (Å²) in [5, 5.41) is 16.4. The van der Waals surface area contributed by atoms with Gasteiger partial charge in [0.05, 0.1) is 11.4 Å². The molecule has 0 atom stereocenters. The second kappa shape index (κ2) is 5.39. The van der Waals surface area contributed by atoms with Crippen molar-refractivity contribution in [3.8, 4) is 17.5 Å². The lowest BCUT2D eigenvalue weighted by Crippen LogP contribution is -2.23. The van der Waals surface area contributed by atoms with Gasteiger partial charge in [-0.1, -0.05) is 13.8 Å². The van der Waals surface area contributed by atoms with E-state index < -0.39 is 0 Å². The van der Waals surface area contributed by atoms with Crippen molar-refractivity contribution >= 4 is 5.65 Å². The Balaban J connectivity index is 2.43. The molecule has 1 N–H and O–H groups in total. The monoisotopic (exact) mass is 310 g/mol. The highest BCUT2D eigenvalue weighted by atomic mass is 16.1. The maximum absolute atomic E-state index is 12.8. The smallest absolute Gasteiger partial charge is 0.276 e. The van der Waals surface area contributed by atoms with Crippen molar-refractivity contribution in [3.63, 3.8) is 0 Å². The molecule has 7 nitrogen and oxygen atoms in total. The molecule has 0 radical (unpaired) electrons. The molecule has 0 aliphatic carbocycles. The molecular formula is C16H18N6O. The van der Waals surface area contributed by atoms with Gasteiger partial charge in [-0.25, -0.2) is 9.50 Å². The number of nitrogens with one attached hydrogen (secondary N) is 1. The highest BCUT2D eigenvalue weighted by molar-refractivity contribution is 5.65. The summed E-state index contributed by atoms with van der Waals surface area (Å²) in [5.74, 6) is -0.00810. The SMILES string of the molecule is CC(C)c1c(-c2ccnn2C(C)C)nc2c(C#N)c[nH]n2c1=O. The normalized spacial score (nSPS) is 11.5. The van der Waals surface area contributed by atoms with Crippen LogP contribution in [0.25, 0.3) is 17.0 Å². The zero-order chi connectivity index (χ0) is 16.7. The maximum Gasteiger partial charge on any atom is 0.276 e. The second-order valence-corrected chi connectivity index (χ2v) is 6.05. The number of aromatic amines is 1. The molecule has 0 amide bonds. The Morgan fingerprint density at radius 1 is 1.30 bits per heavy atom. The quantitative estimate of drug-likeness (QED) is 0.804. The van der Waals surface area contributed by atoms with Crippen LogP contribution in [0.4, 0.5) is 0 Å². The van der Waals surface area contributed by atoms with E-state index in [1.54, 1.807) is 6.20 Å². The Kier molecular flexibility index (Phi) is 3.52. The van der Waals surface area contributed by atoms with E-state index in [1.807, 2.05) is 38.4 Å². The molecule has 0 aromatic carbocycles. The van der Waals surface area contributed by atoms with Gasteiger partial charge in [0.15, 0.2) is 5.65 Å². The fraction of sp³-hybridized carbons (Fsp3) is 0.375. The average Bonchev–Trinajstić information content (AvgIpc) is 3.12. The van der Waals surface area contributed by atoms with Gasteiger partial charge in [-0.05, 0) is 25.8 Å². The van der Waals surface area contributed by atoms with Crippen molar-refractivity contribution in [2.24, 2.45) is 0 Å². The van der Waals surface area contributed by atoms with Crippen LogP contribution in [-0.2, 0) is 0 Å². The minimum atomic E-state index is -0.182. The Morgan fingerprint density at radius 2 is 2.04 bits per heavy atom. The minimum absolute atomic E-state index is 0.00810. The third kappa shape index (κ3) is 2.23. The average molecular weight is 310 g/mol. The van der Waals surface area contributed by atoms with Crippen molar-refractivity contribution in [3.05, 3.63) is 39.9 Å². The maximum atomic E-state index is 12.8. The van der Waals surface area contributed by atoms with Gasteiger partial charge in [0.2, 0.25) is 0 Å². The summed E-state index contributed by atoms with van der Waals surface area (Å²) in [6, 6.07) is 4.05. The number of nitrogens with zero attached hydrogens (tertiary/aromatic N) is 5. The van der Waals surface area contributed by atoms with Gasteiger partial charge in [-0.15, -0.1) is 0 Å². The molecule has 0 fully saturated rings. The van der Waals surface area contributed by atoms with E-state index in [2.05, 4.69) is 21.3 Å². The lowest BCUT2D eigenvalue weighted by Gasteiger charge is -2.15. The third-order valence-corrected chi connectivity index (χ3v) is 3.80. The molecule has 0 unspecified atom stereocenters. The summed E-state index contributed by atoms with van der Waals surface area (Å²) in [5.41, 5.74) is 2.48. The van der Waals surface area contributed by atoms with Gasteiger partial charge in [0.1, 0.15) is 11.6 Å². The number of fused-ring (bicyclic) bond motifs is 1. The molecule has 0 aliphatic heterocycles. The highest BCUT2D eigenvalue weighted by Crippen LogP contribution is 2.27. The Morgan fingerprint density at radius 3 is 2.65 bits per heavy atom. The van der Waals surface area contributed by atoms with Gasteiger partial charge in [0.25, 0.3) is 5.56 Å². The first-order chi connectivity index (χ1) is 11.0. The minimum Gasteiger partial charge on any atom is -0.295 e. The van der Waals surface area contributed by atoms with Crippen molar-refractivity contribution in [1.29, 1.82) is 5.26 Å². The number of hydrogen-bond acceptors (Lipinski definition) is 4. The summed E-state index contributed by atoms with van der Waals surface area (Å²) in [6.07, 6.45) is 3.20. The standard InChI is InChI=1S/C16H18N6O/c1-9(2)13-14(12-5-6-18-21(12)10(3)4)20-15-11(7-17)8-19-22(15)16(13)23/h5-6,8-10,19H,1-4H3. The van der Waals surface area contributed by atoms with E-state index in [1.165, 1.54) is 10.7 Å². The summed E-state index contributed by atoms with van der Waals surface area (Å²) >= 11 is 0. The third-order valence-electron chi connectivity index (χ3n) is 3.80. The lowest BCUT2D eigenvalue weighted by molar-refractivity contribution is 0.537. The Labute approximate surface area is 133 Å². The van der Waals surface area contributed by atoms with Gasteiger partial charge >= 0.3 is 0 Å². The molecule has 0 bridgehead atoms. The van der Waals surface area contributed by atoms with Gasteiger partial charge < -0.3 is 0 Å². The summed E-state index contributed by atoms with van der Waals surface area (Å²) in [7, 11) is 0. The molecule has 0 saturated carbocycles. The largest absolute Gasteiger partial charge is 0.295 e. The number of hydrogen-bond donors (Lipinski definition) is 1. The Bertz CT molecular complexity index is 967. The summed E-state index contributed by atoms with van der Waals surface area (Å²) in [6.45, 7) is 7.96. The molecular weight excluding hydrogens is 292 g/mol. The first kappa shape index (κ1) is 15.0. The van der Waals surface area contributed by atoms with Crippen molar-refractivity contribution in [2.45, 2.75) is 39.7 Å². The highest BCUT2D eigenvalue weighted by Gasteiger charge is 2.22. The van der Waals surface area contributed by atoms with E-state index in [0.717, 1.165) is 5.69 Å². The molecule has 118 valence electrons. The molecule has 23 heavy (non-hydrogen) atoms. The van der Waals surface area contributed by atoms with Gasteiger partial charge in [-0.2, -0.15) is 10.4 Å². The van der Waals surface area contributed by atoms with E-state index in [9.17, 15) is 10.1 Å². The van der Waals surface area contributed by atoms with Gasteiger partial charge in [0, 0.05) is 24.0 Å². The number of H-pyrrole nitrogens is 1. The summed E-state index contributed by atoms with van der Waals surface area (Å²) in [4.78, 5) is 17.5. The predicted octanol–water partition coefficient (Wildman–Crippen LogP) is 2.46. The fourth-order valence-corrected chi connectivity index (χ4v) is 2.74. The van der Waals surface area contributed by atoms with E-state index in [0.29, 0.717) is 22.5 Å². The van der Waals surface area contributed by atoms with Crippen LogP contribution in [0.15, 0.2) is 23.3 Å². The first-order valence-corrected chi connectivity index (χ1v) is 7.53. The van der Waals surface area contributed by atoms with Crippen molar-refractivity contribution in [1.82, 2.24) is 24.4 Å².